The maximum absolute atomic E-state index is 10.4. The Kier molecular flexibility index (Phi) is 2.27. The van der Waals surface area contributed by atoms with Crippen molar-refractivity contribution < 1.29 is 14.6 Å². The molecule has 0 amide bonds. The summed E-state index contributed by atoms with van der Waals surface area (Å²) in [6.07, 6.45) is 2.19. The average molecular weight is 144 g/mol. The third kappa shape index (κ3) is 1.70. The number of rotatable bonds is 1. The summed E-state index contributed by atoms with van der Waals surface area (Å²) in [6, 6.07) is 0. The van der Waals surface area contributed by atoms with Crippen LogP contribution >= 0.6 is 0 Å². The van der Waals surface area contributed by atoms with Crippen LogP contribution in [0.4, 0.5) is 0 Å². The summed E-state index contributed by atoms with van der Waals surface area (Å²) in [7, 11) is 0. The highest BCUT2D eigenvalue weighted by Crippen LogP contribution is 2.18. The highest BCUT2D eigenvalue weighted by molar-refractivity contribution is 5.72. The minimum Gasteiger partial charge on any atom is -0.479 e. The molecule has 0 aliphatic carbocycles. The molecule has 0 saturated carbocycles. The molecule has 0 aromatic rings. The molecule has 0 aromatic carbocycles. The largest absolute Gasteiger partial charge is 0.479 e. The highest BCUT2D eigenvalue weighted by Gasteiger charge is 2.24. The molecule has 3 heteroatoms. The van der Waals surface area contributed by atoms with E-state index in [1.165, 1.54) is 0 Å². The van der Waals surface area contributed by atoms with Gasteiger partial charge >= 0.3 is 5.97 Å². The zero-order valence-corrected chi connectivity index (χ0v) is 6.04. The monoisotopic (exact) mass is 144 g/mol. The van der Waals surface area contributed by atoms with Gasteiger partial charge in [-0.25, -0.2) is 4.79 Å². The molecule has 1 N–H and O–H groups in total. The first-order valence-electron chi connectivity index (χ1n) is 3.58. The van der Waals surface area contributed by atoms with E-state index in [0.717, 1.165) is 12.8 Å². The van der Waals surface area contributed by atoms with Gasteiger partial charge in [-0.15, -0.1) is 0 Å². The Bertz CT molecular complexity index is 133. The van der Waals surface area contributed by atoms with E-state index in [2.05, 4.69) is 0 Å². The molecule has 1 aliphatic rings. The molecule has 0 radical (unpaired) electrons. The Morgan fingerprint density at radius 2 is 2.30 bits per heavy atom. The SMILES string of the molecule is C[C@@H]1CCC[C@@H](C(=O)O)O1. The second-order valence-electron chi connectivity index (χ2n) is 2.70. The van der Waals surface area contributed by atoms with Crippen molar-refractivity contribution in [2.75, 3.05) is 0 Å². The minimum absolute atomic E-state index is 0.120. The van der Waals surface area contributed by atoms with Gasteiger partial charge in [0.05, 0.1) is 6.10 Å². The van der Waals surface area contributed by atoms with Crippen molar-refractivity contribution in [3.05, 3.63) is 0 Å². The summed E-state index contributed by atoms with van der Waals surface area (Å²) in [5.74, 6) is -0.827. The zero-order chi connectivity index (χ0) is 7.56. The molecule has 1 saturated heterocycles. The van der Waals surface area contributed by atoms with Gasteiger partial charge in [0.2, 0.25) is 0 Å². The van der Waals surface area contributed by atoms with Crippen LogP contribution in [-0.4, -0.2) is 23.3 Å². The topological polar surface area (TPSA) is 46.5 Å². The number of ether oxygens (including phenoxy) is 1. The lowest BCUT2D eigenvalue weighted by molar-refractivity contribution is -0.157. The number of carbonyl (C=O) groups is 1. The molecule has 1 fully saturated rings. The van der Waals surface area contributed by atoms with Crippen molar-refractivity contribution in [1.82, 2.24) is 0 Å². The predicted octanol–water partition coefficient (Wildman–Crippen LogP) is 1.03. The minimum atomic E-state index is -0.827. The molecule has 1 aliphatic heterocycles. The van der Waals surface area contributed by atoms with Crippen LogP contribution in [0.15, 0.2) is 0 Å². The van der Waals surface area contributed by atoms with Crippen LogP contribution < -0.4 is 0 Å². The van der Waals surface area contributed by atoms with E-state index in [0.29, 0.717) is 6.42 Å². The summed E-state index contributed by atoms with van der Waals surface area (Å²) in [4.78, 5) is 10.4. The molecule has 0 bridgehead atoms. The predicted molar refractivity (Wildman–Crippen MR) is 35.8 cm³/mol. The fourth-order valence-electron chi connectivity index (χ4n) is 1.19. The number of carboxylic acids is 1. The van der Waals surface area contributed by atoms with Crippen LogP contribution in [0.5, 0.6) is 0 Å². The number of hydrogen-bond acceptors (Lipinski definition) is 2. The lowest BCUT2D eigenvalue weighted by Gasteiger charge is -2.24. The number of aliphatic carboxylic acids is 1. The van der Waals surface area contributed by atoms with Gasteiger partial charge in [0.25, 0.3) is 0 Å². The Hall–Kier alpha value is -0.570. The van der Waals surface area contributed by atoms with E-state index in [1.807, 2.05) is 6.92 Å². The molecule has 58 valence electrons. The van der Waals surface area contributed by atoms with Crippen molar-refractivity contribution in [3.8, 4) is 0 Å². The third-order valence-electron chi connectivity index (χ3n) is 1.75. The lowest BCUT2D eigenvalue weighted by Crippen LogP contribution is -2.31. The van der Waals surface area contributed by atoms with Crippen LogP contribution in [-0.2, 0) is 9.53 Å². The number of carboxylic acid groups (broad SMARTS) is 1. The fraction of sp³-hybridized carbons (Fsp3) is 0.857. The molecule has 1 heterocycles. The average Bonchev–Trinajstić information content (AvgIpc) is 1.88. The van der Waals surface area contributed by atoms with Gasteiger partial charge in [-0.3, -0.25) is 0 Å². The van der Waals surface area contributed by atoms with Crippen molar-refractivity contribution in [3.63, 3.8) is 0 Å². The second kappa shape index (κ2) is 3.01. The highest BCUT2D eigenvalue weighted by atomic mass is 16.5. The van der Waals surface area contributed by atoms with E-state index in [9.17, 15) is 4.79 Å². The van der Waals surface area contributed by atoms with Crippen LogP contribution in [0.1, 0.15) is 26.2 Å². The third-order valence-corrected chi connectivity index (χ3v) is 1.75. The summed E-state index contributed by atoms with van der Waals surface area (Å²) >= 11 is 0. The first-order valence-corrected chi connectivity index (χ1v) is 3.58. The maximum atomic E-state index is 10.4. The first-order chi connectivity index (χ1) is 4.70. The van der Waals surface area contributed by atoms with Gasteiger partial charge < -0.3 is 9.84 Å². The normalized spacial score (nSPS) is 33.7. The van der Waals surface area contributed by atoms with Gasteiger partial charge in [0, 0.05) is 0 Å². The van der Waals surface area contributed by atoms with Crippen molar-refractivity contribution in [2.24, 2.45) is 0 Å². The second-order valence-corrected chi connectivity index (χ2v) is 2.70. The lowest BCUT2D eigenvalue weighted by atomic mass is 10.1. The summed E-state index contributed by atoms with van der Waals surface area (Å²) in [5.41, 5.74) is 0. The Morgan fingerprint density at radius 1 is 1.60 bits per heavy atom. The van der Waals surface area contributed by atoms with Crippen LogP contribution in [0.25, 0.3) is 0 Å². The van der Waals surface area contributed by atoms with Gasteiger partial charge in [-0.05, 0) is 26.2 Å². The molecule has 1 rings (SSSR count). The summed E-state index contributed by atoms with van der Waals surface area (Å²) < 4.78 is 5.15. The van der Waals surface area contributed by atoms with E-state index < -0.39 is 12.1 Å². The van der Waals surface area contributed by atoms with E-state index in [4.69, 9.17) is 9.84 Å². The number of hydrogen-bond donors (Lipinski definition) is 1. The van der Waals surface area contributed by atoms with E-state index in [-0.39, 0.29) is 6.10 Å². The molecular formula is C7H12O3. The Labute approximate surface area is 60.0 Å². The molecular weight excluding hydrogens is 132 g/mol. The molecule has 10 heavy (non-hydrogen) atoms. The van der Waals surface area contributed by atoms with Crippen molar-refractivity contribution >= 4 is 5.97 Å². The van der Waals surface area contributed by atoms with Crippen LogP contribution in [0, 0.1) is 0 Å². The first kappa shape index (κ1) is 7.54. The van der Waals surface area contributed by atoms with Gasteiger partial charge in [0.15, 0.2) is 6.10 Å². The zero-order valence-electron chi connectivity index (χ0n) is 6.04. The molecule has 2 atom stereocenters. The van der Waals surface area contributed by atoms with Gasteiger partial charge in [0.1, 0.15) is 0 Å². The smallest absolute Gasteiger partial charge is 0.332 e. The van der Waals surface area contributed by atoms with Crippen LogP contribution in [0.3, 0.4) is 0 Å². The van der Waals surface area contributed by atoms with Gasteiger partial charge in [-0.2, -0.15) is 0 Å². The summed E-state index contributed by atoms with van der Waals surface area (Å²) in [5, 5.41) is 8.53. The molecule has 0 spiro atoms. The molecule has 0 aromatic heterocycles. The van der Waals surface area contributed by atoms with Gasteiger partial charge in [-0.1, -0.05) is 0 Å². The quantitative estimate of drug-likeness (QED) is 0.597. The maximum Gasteiger partial charge on any atom is 0.332 e. The Balaban J connectivity index is 2.39. The molecule has 0 unspecified atom stereocenters. The van der Waals surface area contributed by atoms with E-state index >= 15 is 0 Å². The summed E-state index contributed by atoms with van der Waals surface area (Å²) in [6.45, 7) is 1.91. The van der Waals surface area contributed by atoms with Crippen LogP contribution in [0.2, 0.25) is 0 Å². The standard InChI is InChI=1S/C7H12O3/c1-5-3-2-4-6(10-5)7(8)9/h5-6H,2-4H2,1H3,(H,8,9)/t5-,6+/m1/s1. The van der Waals surface area contributed by atoms with Crippen molar-refractivity contribution in [1.29, 1.82) is 0 Å². The molecule has 3 nitrogen and oxygen atoms in total. The fourth-order valence-corrected chi connectivity index (χ4v) is 1.19. The Morgan fingerprint density at radius 3 is 2.70 bits per heavy atom. The van der Waals surface area contributed by atoms with Crippen molar-refractivity contribution in [2.45, 2.75) is 38.4 Å². The van der Waals surface area contributed by atoms with E-state index in [1.54, 1.807) is 0 Å².